The lowest BCUT2D eigenvalue weighted by Crippen LogP contribution is -2.54. The topological polar surface area (TPSA) is 90.5 Å². The molecule has 0 aliphatic carbocycles. The van der Waals surface area contributed by atoms with E-state index < -0.39 is 6.04 Å². The van der Waals surface area contributed by atoms with Crippen molar-refractivity contribution >= 4 is 35.1 Å². The first-order valence-electron chi connectivity index (χ1n) is 11.7. The molecule has 2 aromatic carbocycles. The monoisotopic (exact) mass is 484 g/mol. The minimum absolute atomic E-state index is 0.0737. The number of halogens is 1. The second kappa shape index (κ2) is 11.9. The average Bonchev–Trinajstić information content (AvgIpc) is 2.81. The molecule has 0 spiro atoms. The van der Waals surface area contributed by atoms with Crippen LogP contribution in [0, 0.1) is 18.8 Å². The lowest BCUT2D eigenvalue weighted by Gasteiger charge is -2.36. The van der Waals surface area contributed by atoms with Gasteiger partial charge in [0.15, 0.2) is 0 Å². The Morgan fingerprint density at radius 1 is 1.06 bits per heavy atom. The van der Waals surface area contributed by atoms with Gasteiger partial charge in [-0.15, -0.1) is 0 Å². The number of rotatable bonds is 7. The predicted molar refractivity (Wildman–Crippen MR) is 135 cm³/mol. The van der Waals surface area contributed by atoms with E-state index in [2.05, 4.69) is 16.0 Å². The van der Waals surface area contributed by atoms with E-state index in [-0.39, 0.29) is 23.8 Å². The van der Waals surface area contributed by atoms with E-state index in [1.165, 1.54) is 0 Å². The van der Waals surface area contributed by atoms with Crippen molar-refractivity contribution in [2.45, 2.75) is 39.7 Å². The highest BCUT2D eigenvalue weighted by Gasteiger charge is 2.34. The number of benzene rings is 2. The summed E-state index contributed by atoms with van der Waals surface area (Å²) in [5.41, 5.74) is 2.05. The van der Waals surface area contributed by atoms with Crippen LogP contribution in [0.25, 0.3) is 0 Å². The van der Waals surface area contributed by atoms with E-state index in [9.17, 15) is 14.4 Å². The van der Waals surface area contributed by atoms with E-state index >= 15 is 0 Å². The molecular formula is C26H33ClN4O3. The van der Waals surface area contributed by atoms with E-state index in [0.29, 0.717) is 54.7 Å². The number of amides is 4. The Bertz CT molecular complexity index is 1020. The van der Waals surface area contributed by atoms with Crippen molar-refractivity contribution < 1.29 is 14.4 Å². The quantitative estimate of drug-likeness (QED) is 0.541. The van der Waals surface area contributed by atoms with Gasteiger partial charge >= 0.3 is 6.03 Å². The van der Waals surface area contributed by atoms with Crippen LogP contribution in [0.5, 0.6) is 0 Å². The van der Waals surface area contributed by atoms with Crippen LogP contribution in [0.2, 0.25) is 5.02 Å². The zero-order valence-corrected chi connectivity index (χ0v) is 20.7. The second-order valence-corrected chi connectivity index (χ2v) is 9.61. The third-order valence-electron chi connectivity index (χ3n) is 6.02. The molecule has 3 rings (SSSR count). The molecule has 0 bridgehead atoms. The first kappa shape index (κ1) is 25.6. The molecule has 0 radical (unpaired) electrons. The largest absolute Gasteiger partial charge is 0.354 e. The first-order chi connectivity index (χ1) is 16.2. The number of piperidine rings is 1. The smallest absolute Gasteiger partial charge is 0.321 e. The van der Waals surface area contributed by atoms with Gasteiger partial charge in [0, 0.05) is 35.9 Å². The molecule has 1 unspecified atom stereocenters. The van der Waals surface area contributed by atoms with Crippen molar-refractivity contribution in [2.24, 2.45) is 11.8 Å². The molecule has 0 aromatic heterocycles. The van der Waals surface area contributed by atoms with E-state index in [4.69, 9.17) is 11.6 Å². The number of likely N-dealkylation sites (tertiary alicyclic amines) is 1. The standard InChI is InChI=1S/C26H33ClN4O3/c1-17(2)16-28-25(33)23(30-24(32)22-10-5-4-7-18(22)3)19-11-13-31(14-12-19)26(34)29-21-9-6-8-20(27)15-21/h4-10,15,17,19,23H,11-14,16H2,1-3H3,(H,28,33)(H,29,34)(H,30,32). The summed E-state index contributed by atoms with van der Waals surface area (Å²) < 4.78 is 0. The van der Waals surface area contributed by atoms with Crippen LogP contribution < -0.4 is 16.0 Å². The van der Waals surface area contributed by atoms with E-state index in [1.807, 2.05) is 39.0 Å². The van der Waals surface area contributed by atoms with Crippen molar-refractivity contribution in [2.75, 3.05) is 25.0 Å². The highest BCUT2D eigenvalue weighted by molar-refractivity contribution is 6.30. The molecule has 34 heavy (non-hydrogen) atoms. The lowest BCUT2D eigenvalue weighted by atomic mass is 9.88. The third-order valence-corrected chi connectivity index (χ3v) is 6.25. The van der Waals surface area contributed by atoms with Gasteiger partial charge in [0.1, 0.15) is 6.04 Å². The van der Waals surface area contributed by atoms with Gasteiger partial charge in [0.05, 0.1) is 0 Å². The zero-order chi connectivity index (χ0) is 24.7. The highest BCUT2D eigenvalue weighted by atomic mass is 35.5. The summed E-state index contributed by atoms with van der Waals surface area (Å²) in [4.78, 5) is 40.5. The van der Waals surface area contributed by atoms with Gasteiger partial charge < -0.3 is 20.9 Å². The van der Waals surface area contributed by atoms with Crippen LogP contribution in [0.15, 0.2) is 48.5 Å². The Morgan fingerprint density at radius 3 is 2.41 bits per heavy atom. The fourth-order valence-electron chi connectivity index (χ4n) is 4.06. The summed E-state index contributed by atoms with van der Waals surface area (Å²) in [5.74, 6) is -0.217. The highest BCUT2D eigenvalue weighted by Crippen LogP contribution is 2.23. The van der Waals surface area contributed by atoms with E-state index in [1.54, 1.807) is 35.2 Å². The van der Waals surface area contributed by atoms with Crippen molar-refractivity contribution in [1.29, 1.82) is 0 Å². The summed E-state index contributed by atoms with van der Waals surface area (Å²) >= 11 is 6.00. The maximum atomic E-state index is 13.1. The molecule has 0 saturated carbocycles. The van der Waals surface area contributed by atoms with Gasteiger partial charge in [-0.05, 0) is 61.4 Å². The van der Waals surface area contributed by atoms with Gasteiger partial charge in [-0.3, -0.25) is 9.59 Å². The molecular weight excluding hydrogens is 452 g/mol. The maximum absolute atomic E-state index is 13.1. The van der Waals surface area contributed by atoms with Crippen LogP contribution in [-0.4, -0.2) is 48.4 Å². The number of urea groups is 1. The van der Waals surface area contributed by atoms with Crippen LogP contribution in [0.3, 0.4) is 0 Å². The molecule has 7 nitrogen and oxygen atoms in total. The number of aryl methyl sites for hydroxylation is 1. The summed E-state index contributed by atoms with van der Waals surface area (Å²) in [6.07, 6.45) is 1.22. The molecule has 3 N–H and O–H groups in total. The molecule has 4 amide bonds. The van der Waals surface area contributed by atoms with Gasteiger partial charge in [-0.25, -0.2) is 4.79 Å². The van der Waals surface area contributed by atoms with Crippen LogP contribution in [0.1, 0.15) is 42.6 Å². The van der Waals surface area contributed by atoms with Gasteiger partial charge in [0.25, 0.3) is 5.91 Å². The second-order valence-electron chi connectivity index (χ2n) is 9.17. The SMILES string of the molecule is Cc1ccccc1C(=O)NC(C(=O)NCC(C)C)C1CCN(C(=O)Nc2cccc(Cl)c2)CC1. The Morgan fingerprint density at radius 2 is 1.76 bits per heavy atom. The summed E-state index contributed by atoms with van der Waals surface area (Å²) in [6, 6.07) is 13.5. The van der Waals surface area contributed by atoms with Gasteiger partial charge in [0.2, 0.25) is 5.91 Å². The molecule has 182 valence electrons. The molecule has 1 aliphatic heterocycles. The minimum Gasteiger partial charge on any atom is -0.354 e. The van der Waals surface area contributed by atoms with Crippen molar-refractivity contribution in [3.8, 4) is 0 Å². The maximum Gasteiger partial charge on any atom is 0.321 e. The van der Waals surface area contributed by atoms with Crippen molar-refractivity contribution in [1.82, 2.24) is 15.5 Å². The molecule has 2 aromatic rings. The average molecular weight is 485 g/mol. The Kier molecular flexibility index (Phi) is 8.93. The van der Waals surface area contributed by atoms with Crippen LogP contribution in [-0.2, 0) is 4.79 Å². The fraction of sp³-hybridized carbons (Fsp3) is 0.423. The molecule has 1 saturated heterocycles. The number of carbonyl (C=O) groups is 3. The molecule has 1 aliphatic rings. The van der Waals surface area contributed by atoms with Crippen LogP contribution in [0.4, 0.5) is 10.5 Å². The lowest BCUT2D eigenvalue weighted by molar-refractivity contribution is -0.124. The summed E-state index contributed by atoms with van der Waals surface area (Å²) in [5, 5.41) is 9.35. The minimum atomic E-state index is -0.663. The zero-order valence-electron chi connectivity index (χ0n) is 19.9. The number of nitrogens with zero attached hydrogens (tertiary/aromatic N) is 1. The van der Waals surface area contributed by atoms with Gasteiger partial charge in [-0.1, -0.05) is 49.7 Å². The van der Waals surface area contributed by atoms with E-state index in [0.717, 1.165) is 5.56 Å². The molecule has 1 fully saturated rings. The number of nitrogens with one attached hydrogen (secondary N) is 3. The normalized spacial score (nSPS) is 15.0. The van der Waals surface area contributed by atoms with Crippen molar-refractivity contribution in [3.63, 3.8) is 0 Å². The predicted octanol–water partition coefficient (Wildman–Crippen LogP) is 4.46. The number of carbonyl (C=O) groups excluding carboxylic acids is 3. The Balaban J connectivity index is 1.65. The molecule has 8 heteroatoms. The molecule has 1 atom stereocenters. The number of anilines is 1. The number of hydrogen-bond acceptors (Lipinski definition) is 3. The third kappa shape index (κ3) is 6.97. The molecule has 1 heterocycles. The van der Waals surface area contributed by atoms with Crippen LogP contribution >= 0.6 is 11.6 Å². The summed E-state index contributed by atoms with van der Waals surface area (Å²) in [7, 11) is 0. The summed E-state index contributed by atoms with van der Waals surface area (Å²) in [6.45, 7) is 7.45. The van der Waals surface area contributed by atoms with Crippen molar-refractivity contribution in [3.05, 3.63) is 64.7 Å². The Hall–Kier alpha value is -3.06. The number of hydrogen-bond donors (Lipinski definition) is 3. The fourth-order valence-corrected chi connectivity index (χ4v) is 4.25. The van der Waals surface area contributed by atoms with Gasteiger partial charge in [-0.2, -0.15) is 0 Å². The first-order valence-corrected chi connectivity index (χ1v) is 12.1. The Labute approximate surface area is 206 Å².